The summed E-state index contributed by atoms with van der Waals surface area (Å²) in [5.74, 6) is 2.19. The number of nitrogen functional groups attached to an aromatic ring is 1. The average Bonchev–Trinajstić information content (AvgIpc) is 3.14. The van der Waals surface area contributed by atoms with Gasteiger partial charge in [0.1, 0.15) is 23.7 Å². The molecule has 0 fully saturated rings. The number of benzene rings is 2. The van der Waals surface area contributed by atoms with Crippen LogP contribution in [-0.4, -0.2) is 38.4 Å². The molecule has 0 spiro atoms. The van der Waals surface area contributed by atoms with Crippen LogP contribution in [-0.2, 0) is 19.4 Å². The van der Waals surface area contributed by atoms with E-state index >= 15 is 0 Å². The van der Waals surface area contributed by atoms with Crippen molar-refractivity contribution in [1.82, 2.24) is 14.5 Å². The van der Waals surface area contributed by atoms with Crippen LogP contribution in [0.4, 0.5) is 5.82 Å². The summed E-state index contributed by atoms with van der Waals surface area (Å²) < 4.78 is 7.80. The molecule has 0 aliphatic carbocycles. The third-order valence-electron chi connectivity index (χ3n) is 5.84. The van der Waals surface area contributed by atoms with Gasteiger partial charge in [-0.25, -0.2) is 9.97 Å². The van der Waals surface area contributed by atoms with E-state index in [0.29, 0.717) is 31.0 Å². The molecule has 7 nitrogen and oxygen atoms in total. The average molecular weight is 462 g/mol. The van der Waals surface area contributed by atoms with Crippen molar-refractivity contribution >= 4 is 27.8 Å². The van der Waals surface area contributed by atoms with Crippen LogP contribution < -0.4 is 16.2 Å². The molecule has 4 rings (SSSR count). The summed E-state index contributed by atoms with van der Waals surface area (Å²) in [5, 5.41) is 11.6. The van der Waals surface area contributed by atoms with Crippen molar-refractivity contribution in [1.29, 1.82) is 0 Å². The lowest BCUT2D eigenvalue weighted by Crippen LogP contribution is -2.27. The van der Waals surface area contributed by atoms with E-state index in [4.69, 9.17) is 26.2 Å². The van der Waals surface area contributed by atoms with Crippen molar-refractivity contribution in [2.75, 3.05) is 18.9 Å². The molecule has 180 valence electrons. The summed E-state index contributed by atoms with van der Waals surface area (Å²) in [4.78, 5) is 9.55. The van der Waals surface area contributed by atoms with Crippen LogP contribution in [0.1, 0.15) is 50.6 Å². The number of aliphatic hydroxyl groups is 1. The molecule has 0 amide bonds. The molecule has 7 heteroatoms. The van der Waals surface area contributed by atoms with Crippen molar-refractivity contribution < 1.29 is 9.84 Å². The maximum atomic E-state index is 10.6. The van der Waals surface area contributed by atoms with E-state index in [1.807, 2.05) is 32.0 Å². The highest BCUT2D eigenvalue weighted by Crippen LogP contribution is 2.31. The first kappa shape index (κ1) is 24.0. The Labute approximate surface area is 200 Å². The van der Waals surface area contributed by atoms with E-state index in [9.17, 15) is 5.11 Å². The largest absolute Gasteiger partial charge is 0.492 e. The van der Waals surface area contributed by atoms with Crippen LogP contribution in [0.3, 0.4) is 0 Å². The number of aryl methyl sites for hydroxylation is 1. The van der Waals surface area contributed by atoms with Crippen LogP contribution in [0.15, 0.2) is 42.5 Å². The molecule has 5 N–H and O–H groups in total. The molecule has 0 radical (unpaired) electrons. The predicted molar refractivity (Wildman–Crippen MR) is 138 cm³/mol. The lowest BCUT2D eigenvalue weighted by Gasteiger charge is -2.21. The standard InChI is InChI=1S/C27H35N5O2/c1-4-5-9-23-31-24-25(32(23)17-27(2,3)33)21-11-10-19(16-22(21)30-26(24)29)14-18-7-6-8-20(15-18)34-13-12-28/h6-8,10-11,15-16,33H,4-5,9,12-14,17,28H2,1-3H3,(H2,29,30). The van der Waals surface area contributed by atoms with Gasteiger partial charge in [0, 0.05) is 18.4 Å². The highest BCUT2D eigenvalue weighted by molar-refractivity contribution is 6.06. The molecule has 4 aromatic rings. The van der Waals surface area contributed by atoms with Gasteiger partial charge in [0.05, 0.1) is 23.2 Å². The molecule has 34 heavy (non-hydrogen) atoms. The summed E-state index contributed by atoms with van der Waals surface area (Å²) in [6.45, 7) is 7.23. The monoisotopic (exact) mass is 461 g/mol. The van der Waals surface area contributed by atoms with Crippen molar-refractivity contribution in [3.63, 3.8) is 0 Å². The molecule has 2 heterocycles. The maximum Gasteiger partial charge on any atom is 0.152 e. The molecule has 2 aromatic heterocycles. The maximum absolute atomic E-state index is 10.6. The molecule has 0 atom stereocenters. The van der Waals surface area contributed by atoms with Gasteiger partial charge in [-0.2, -0.15) is 0 Å². The predicted octanol–water partition coefficient (Wildman–Crippen LogP) is 4.21. The first-order chi connectivity index (χ1) is 16.3. The SMILES string of the molecule is CCCCc1nc2c(N)nc3cc(Cc4cccc(OCCN)c4)ccc3c2n1CC(C)(C)O. The molecule has 0 aliphatic rings. The van der Waals surface area contributed by atoms with E-state index in [-0.39, 0.29) is 0 Å². The Morgan fingerprint density at radius 3 is 2.62 bits per heavy atom. The number of anilines is 1. The minimum atomic E-state index is -0.879. The van der Waals surface area contributed by atoms with Gasteiger partial charge in [-0.15, -0.1) is 0 Å². The van der Waals surface area contributed by atoms with E-state index in [1.165, 1.54) is 0 Å². The number of ether oxygens (including phenoxy) is 1. The second-order valence-corrected chi connectivity index (χ2v) is 9.54. The Morgan fingerprint density at radius 1 is 1.09 bits per heavy atom. The molecule has 2 aromatic carbocycles. The van der Waals surface area contributed by atoms with Gasteiger partial charge in [0.2, 0.25) is 0 Å². The second kappa shape index (κ2) is 9.99. The van der Waals surface area contributed by atoms with Crippen molar-refractivity contribution in [3.8, 4) is 5.75 Å². The van der Waals surface area contributed by atoms with E-state index in [0.717, 1.165) is 64.8 Å². The van der Waals surface area contributed by atoms with Gasteiger partial charge in [0.15, 0.2) is 5.82 Å². The van der Waals surface area contributed by atoms with Gasteiger partial charge < -0.3 is 25.9 Å². The Bertz CT molecular complexity index is 1290. The molecular weight excluding hydrogens is 426 g/mol. The number of rotatable bonds is 10. The van der Waals surface area contributed by atoms with Gasteiger partial charge in [-0.1, -0.05) is 37.6 Å². The first-order valence-electron chi connectivity index (χ1n) is 12.0. The smallest absolute Gasteiger partial charge is 0.152 e. The number of unbranched alkanes of at least 4 members (excludes halogenated alkanes) is 1. The summed E-state index contributed by atoms with van der Waals surface area (Å²) in [6.07, 6.45) is 3.68. The van der Waals surface area contributed by atoms with Crippen LogP contribution >= 0.6 is 0 Å². The number of aromatic nitrogens is 3. The van der Waals surface area contributed by atoms with Crippen molar-refractivity contribution in [2.45, 2.75) is 58.6 Å². The van der Waals surface area contributed by atoms with Crippen molar-refractivity contribution in [3.05, 3.63) is 59.4 Å². The normalized spacial score (nSPS) is 12.0. The summed E-state index contributed by atoms with van der Waals surface area (Å²) in [5.41, 5.74) is 15.8. The fraction of sp³-hybridized carbons (Fsp3) is 0.407. The summed E-state index contributed by atoms with van der Waals surface area (Å²) in [7, 11) is 0. The van der Waals surface area contributed by atoms with Crippen LogP contribution in [0.2, 0.25) is 0 Å². The quantitative estimate of drug-likeness (QED) is 0.326. The number of nitrogens with two attached hydrogens (primary N) is 2. The molecule has 0 bridgehead atoms. The minimum Gasteiger partial charge on any atom is -0.492 e. The molecule has 0 unspecified atom stereocenters. The summed E-state index contributed by atoms with van der Waals surface area (Å²) >= 11 is 0. The summed E-state index contributed by atoms with van der Waals surface area (Å²) in [6, 6.07) is 14.4. The van der Waals surface area contributed by atoms with E-state index in [2.05, 4.69) is 35.8 Å². The molecular formula is C27H35N5O2. The highest BCUT2D eigenvalue weighted by Gasteiger charge is 2.22. The fourth-order valence-corrected chi connectivity index (χ4v) is 4.35. The first-order valence-corrected chi connectivity index (χ1v) is 12.0. The highest BCUT2D eigenvalue weighted by atomic mass is 16.5. The van der Waals surface area contributed by atoms with E-state index in [1.54, 1.807) is 0 Å². The van der Waals surface area contributed by atoms with Gasteiger partial charge in [-0.3, -0.25) is 0 Å². The third-order valence-corrected chi connectivity index (χ3v) is 5.84. The zero-order valence-corrected chi connectivity index (χ0v) is 20.3. The topological polar surface area (TPSA) is 112 Å². The van der Waals surface area contributed by atoms with Crippen LogP contribution in [0.5, 0.6) is 5.75 Å². The van der Waals surface area contributed by atoms with Gasteiger partial charge >= 0.3 is 0 Å². The number of nitrogens with zero attached hydrogens (tertiary/aromatic N) is 3. The Hall–Kier alpha value is -3.16. The lowest BCUT2D eigenvalue weighted by molar-refractivity contribution is 0.0618. The van der Waals surface area contributed by atoms with Crippen LogP contribution in [0, 0.1) is 0 Å². The van der Waals surface area contributed by atoms with Crippen LogP contribution in [0.25, 0.3) is 21.9 Å². The Balaban J connectivity index is 1.76. The lowest BCUT2D eigenvalue weighted by atomic mass is 10.0. The molecule has 0 saturated heterocycles. The van der Waals surface area contributed by atoms with E-state index < -0.39 is 5.60 Å². The Morgan fingerprint density at radius 2 is 1.88 bits per heavy atom. The second-order valence-electron chi connectivity index (χ2n) is 9.54. The zero-order chi connectivity index (χ0) is 24.3. The number of fused-ring (bicyclic) bond motifs is 3. The zero-order valence-electron chi connectivity index (χ0n) is 20.3. The fourth-order valence-electron chi connectivity index (χ4n) is 4.35. The van der Waals surface area contributed by atoms with Gasteiger partial charge in [0.25, 0.3) is 0 Å². The Kier molecular flexibility index (Phi) is 7.05. The number of imidazole rings is 1. The number of pyridine rings is 1. The number of hydrogen-bond acceptors (Lipinski definition) is 6. The number of hydrogen-bond donors (Lipinski definition) is 3. The third kappa shape index (κ3) is 5.32. The molecule has 0 saturated carbocycles. The molecule has 0 aliphatic heterocycles. The van der Waals surface area contributed by atoms with Crippen molar-refractivity contribution in [2.24, 2.45) is 5.73 Å². The van der Waals surface area contributed by atoms with Gasteiger partial charge in [-0.05, 0) is 56.0 Å². The minimum absolute atomic E-state index is 0.420.